The third-order valence-electron chi connectivity index (χ3n) is 4.30. The zero-order valence-corrected chi connectivity index (χ0v) is 15.1. The van der Waals surface area contributed by atoms with Crippen molar-refractivity contribution in [2.24, 2.45) is 7.05 Å². The fraction of sp³-hybridized carbons (Fsp3) is 0.105. The summed E-state index contributed by atoms with van der Waals surface area (Å²) in [7, 11) is 1.74. The number of nitrogens with one attached hydrogen (secondary N) is 2. The number of carbonyl (C=O) groups excluding carboxylic acids is 1. The molecule has 3 aromatic heterocycles. The molecule has 140 valence electrons. The minimum atomic E-state index is -0.640. The number of amides is 1. The Hall–Kier alpha value is -4.01. The average Bonchev–Trinajstić information content (AvgIpc) is 3.29. The van der Waals surface area contributed by atoms with Crippen LogP contribution in [-0.2, 0) is 7.05 Å². The van der Waals surface area contributed by atoms with Crippen molar-refractivity contribution < 1.29 is 9.32 Å². The maximum atomic E-state index is 12.5. The van der Waals surface area contributed by atoms with Crippen LogP contribution in [0.25, 0.3) is 22.6 Å². The Morgan fingerprint density at radius 3 is 2.68 bits per heavy atom. The summed E-state index contributed by atoms with van der Waals surface area (Å²) in [5.74, 6) is -0.0758. The quantitative estimate of drug-likeness (QED) is 0.564. The normalized spacial score (nSPS) is 10.8. The number of benzene rings is 1. The lowest BCUT2D eigenvalue weighted by atomic mass is 10.0. The highest BCUT2D eigenvalue weighted by atomic mass is 16.5. The van der Waals surface area contributed by atoms with Gasteiger partial charge in [-0.15, -0.1) is 0 Å². The maximum Gasteiger partial charge on any atom is 0.439 e. The molecule has 1 amide bonds. The van der Waals surface area contributed by atoms with Crippen LogP contribution in [0.15, 0.2) is 58.1 Å². The molecule has 9 nitrogen and oxygen atoms in total. The lowest BCUT2D eigenvalue weighted by molar-refractivity contribution is 0.102. The van der Waals surface area contributed by atoms with E-state index in [0.717, 1.165) is 16.7 Å². The number of aromatic nitrogens is 5. The first-order chi connectivity index (χ1) is 13.5. The highest BCUT2D eigenvalue weighted by Crippen LogP contribution is 2.29. The van der Waals surface area contributed by atoms with Crippen molar-refractivity contribution in [3.05, 3.63) is 70.5 Å². The summed E-state index contributed by atoms with van der Waals surface area (Å²) in [4.78, 5) is 30.5. The van der Waals surface area contributed by atoms with Crippen LogP contribution in [0.4, 0.5) is 5.82 Å². The SMILES string of the molecule is Cc1cccnc1NC(=O)c1ccc(-c2cnn(C)c2-c2noc(=O)[nH]2)cc1. The van der Waals surface area contributed by atoms with E-state index in [1.807, 2.05) is 19.1 Å². The van der Waals surface area contributed by atoms with Gasteiger partial charge in [0.2, 0.25) is 5.82 Å². The van der Waals surface area contributed by atoms with E-state index in [1.165, 1.54) is 0 Å². The van der Waals surface area contributed by atoms with Crippen molar-refractivity contribution in [3.63, 3.8) is 0 Å². The summed E-state index contributed by atoms with van der Waals surface area (Å²) in [5, 5.41) is 10.8. The Kier molecular flexibility index (Phi) is 4.32. The molecule has 0 aliphatic rings. The lowest BCUT2D eigenvalue weighted by Gasteiger charge is -2.08. The second-order valence-corrected chi connectivity index (χ2v) is 6.17. The minimum absolute atomic E-state index is 0.249. The molecule has 0 atom stereocenters. The molecule has 4 aromatic rings. The van der Waals surface area contributed by atoms with E-state index in [-0.39, 0.29) is 11.7 Å². The van der Waals surface area contributed by atoms with Crippen LogP contribution in [0.3, 0.4) is 0 Å². The fourth-order valence-electron chi connectivity index (χ4n) is 2.86. The number of hydrogen-bond acceptors (Lipinski definition) is 6. The number of anilines is 1. The van der Waals surface area contributed by atoms with E-state index < -0.39 is 5.76 Å². The molecule has 0 saturated carbocycles. The first kappa shape index (κ1) is 17.4. The molecule has 1 aromatic carbocycles. The molecule has 9 heteroatoms. The maximum absolute atomic E-state index is 12.5. The number of hydrogen-bond donors (Lipinski definition) is 2. The molecule has 0 bridgehead atoms. The van der Waals surface area contributed by atoms with Crippen molar-refractivity contribution in [1.82, 2.24) is 24.9 Å². The summed E-state index contributed by atoms with van der Waals surface area (Å²) in [6.45, 7) is 1.88. The molecule has 3 heterocycles. The van der Waals surface area contributed by atoms with Gasteiger partial charge in [0.05, 0.1) is 6.20 Å². The van der Waals surface area contributed by atoms with Gasteiger partial charge >= 0.3 is 5.76 Å². The zero-order valence-electron chi connectivity index (χ0n) is 15.1. The van der Waals surface area contributed by atoms with Gasteiger partial charge < -0.3 is 5.32 Å². The monoisotopic (exact) mass is 376 g/mol. The van der Waals surface area contributed by atoms with Crippen molar-refractivity contribution in [2.45, 2.75) is 6.92 Å². The summed E-state index contributed by atoms with van der Waals surface area (Å²) >= 11 is 0. The lowest BCUT2D eigenvalue weighted by Crippen LogP contribution is -2.13. The summed E-state index contributed by atoms with van der Waals surface area (Å²) in [5.41, 5.74) is 3.55. The van der Waals surface area contributed by atoms with Gasteiger partial charge in [0.25, 0.3) is 5.91 Å². The van der Waals surface area contributed by atoms with Crippen molar-refractivity contribution >= 4 is 11.7 Å². The van der Waals surface area contributed by atoms with Gasteiger partial charge in [-0.25, -0.2) is 9.78 Å². The van der Waals surface area contributed by atoms with Crippen LogP contribution in [0.1, 0.15) is 15.9 Å². The van der Waals surface area contributed by atoms with Crippen molar-refractivity contribution in [1.29, 1.82) is 0 Å². The molecule has 0 saturated heterocycles. The van der Waals surface area contributed by atoms with Crippen molar-refractivity contribution in [2.75, 3.05) is 5.32 Å². The highest BCUT2D eigenvalue weighted by Gasteiger charge is 2.17. The molecular formula is C19H16N6O3. The molecule has 4 rings (SSSR count). The van der Waals surface area contributed by atoms with Crippen LogP contribution in [0.2, 0.25) is 0 Å². The van der Waals surface area contributed by atoms with E-state index in [1.54, 1.807) is 48.4 Å². The third-order valence-corrected chi connectivity index (χ3v) is 4.30. The summed E-state index contributed by atoms with van der Waals surface area (Å²) < 4.78 is 6.18. The van der Waals surface area contributed by atoms with Gasteiger partial charge in [-0.3, -0.25) is 19.0 Å². The number of carbonyl (C=O) groups is 1. The standard InChI is InChI=1S/C19H16N6O3/c1-11-4-3-9-20-16(11)22-18(26)13-7-5-12(6-8-13)14-10-21-25(2)15(14)17-23-19(27)28-24-17/h3-10H,1-2H3,(H,20,22,26)(H,23,24,27). The highest BCUT2D eigenvalue weighted by molar-refractivity contribution is 6.04. The minimum Gasteiger partial charge on any atom is -0.306 e. The number of aromatic amines is 1. The molecule has 0 radical (unpaired) electrons. The number of aryl methyl sites for hydroxylation is 2. The number of rotatable bonds is 4. The smallest absolute Gasteiger partial charge is 0.306 e. The Balaban J connectivity index is 1.62. The van der Waals surface area contributed by atoms with E-state index in [9.17, 15) is 9.59 Å². The predicted molar refractivity (Wildman–Crippen MR) is 102 cm³/mol. The first-order valence-corrected chi connectivity index (χ1v) is 8.44. The number of H-pyrrole nitrogens is 1. The molecular weight excluding hydrogens is 360 g/mol. The Morgan fingerprint density at radius 1 is 1.21 bits per heavy atom. The van der Waals surface area contributed by atoms with Crippen molar-refractivity contribution in [3.8, 4) is 22.6 Å². The number of nitrogens with zero attached hydrogens (tertiary/aromatic N) is 4. The summed E-state index contributed by atoms with van der Waals surface area (Å²) in [6, 6.07) is 10.7. The molecule has 0 spiro atoms. The Bertz CT molecular complexity index is 1200. The second-order valence-electron chi connectivity index (χ2n) is 6.17. The second kappa shape index (κ2) is 6.95. The third kappa shape index (κ3) is 3.20. The molecule has 28 heavy (non-hydrogen) atoms. The largest absolute Gasteiger partial charge is 0.439 e. The van der Waals surface area contributed by atoms with Gasteiger partial charge in [0.1, 0.15) is 11.5 Å². The van der Waals surface area contributed by atoms with Crippen LogP contribution in [-0.4, -0.2) is 30.8 Å². The van der Waals surface area contributed by atoms with E-state index >= 15 is 0 Å². The topological polar surface area (TPSA) is 119 Å². The average molecular weight is 376 g/mol. The Labute approximate surface area is 159 Å². The fourth-order valence-corrected chi connectivity index (χ4v) is 2.86. The molecule has 0 aliphatic carbocycles. The van der Waals surface area contributed by atoms with E-state index in [2.05, 4.69) is 30.1 Å². The zero-order chi connectivity index (χ0) is 19.7. The van der Waals surface area contributed by atoms with Gasteiger partial charge in [-0.2, -0.15) is 5.10 Å². The molecule has 0 fully saturated rings. The van der Waals surface area contributed by atoms with E-state index in [0.29, 0.717) is 17.1 Å². The van der Waals surface area contributed by atoms with Gasteiger partial charge in [0, 0.05) is 24.4 Å². The molecule has 0 aliphatic heterocycles. The molecule has 0 unspecified atom stereocenters. The van der Waals surface area contributed by atoms with Crippen LogP contribution in [0.5, 0.6) is 0 Å². The van der Waals surface area contributed by atoms with Gasteiger partial charge in [-0.1, -0.05) is 23.4 Å². The summed E-state index contributed by atoms with van der Waals surface area (Å²) in [6.07, 6.45) is 3.29. The van der Waals surface area contributed by atoms with Crippen LogP contribution in [0, 0.1) is 6.92 Å². The van der Waals surface area contributed by atoms with Crippen LogP contribution < -0.4 is 11.1 Å². The van der Waals surface area contributed by atoms with Crippen LogP contribution >= 0.6 is 0 Å². The number of pyridine rings is 1. The van der Waals surface area contributed by atoms with E-state index in [4.69, 9.17) is 0 Å². The van der Waals surface area contributed by atoms with Gasteiger partial charge in [-0.05, 0) is 36.2 Å². The molecule has 2 N–H and O–H groups in total. The van der Waals surface area contributed by atoms with Gasteiger partial charge in [0.15, 0.2) is 0 Å². The first-order valence-electron chi connectivity index (χ1n) is 8.44. The predicted octanol–water partition coefficient (Wildman–Crippen LogP) is 2.39. The Morgan fingerprint density at radius 2 is 2.00 bits per heavy atom.